The van der Waals surface area contributed by atoms with Gasteiger partial charge in [-0.15, -0.1) is 0 Å². The molecule has 0 saturated heterocycles. The minimum atomic E-state index is -1.17. The number of hydrogen-bond acceptors (Lipinski definition) is 6. The fourth-order valence-corrected chi connectivity index (χ4v) is 1.92. The number of hydrogen-bond donors (Lipinski definition) is 1. The van der Waals surface area contributed by atoms with E-state index in [4.69, 9.17) is 14.3 Å². The van der Waals surface area contributed by atoms with Crippen LogP contribution in [0.4, 0.5) is 4.79 Å². The van der Waals surface area contributed by atoms with Crippen LogP contribution in [0, 0.1) is 0 Å². The molecule has 0 aromatic heterocycles. The lowest BCUT2D eigenvalue weighted by Crippen LogP contribution is -2.49. The summed E-state index contributed by atoms with van der Waals surface area (Å²) < 4.78 is 10.3. The van der Waals surface area contributed by atoms with Crippen molar-refractivity contribution in [1.29, 1.82) is 0 Å². The number of ether oxygens (including phenoxy) is 2. The number of rotatable bonds is 7. The normalized spacial score (nSPS) is 12.0. The maximum absolute atomic E-state index is 12.3. The molecule has 0 spiro atoms. The Bertz CT molecular complexity index is 612. The number of nitrogens with one attached hydrogen (secondary N) is 1. The Hall–Kier alpha value is -2.61. The monoisotopic (exact) mass is 366 g/mol. The smallest absolute Gasteiger partial charge is 0.408 e. The number of nitrogens with zero attached hydrogens (tertiary/aromatic N) is 1. The van der Waals surface area contributed by atoms with Gasteiger partial charge in [-0.3, -0.25) is 14.4 Å². The Morgan fingerprint density at radius 1 is 1.15 bits per heavy atom. The zero-order valence-corrected chi connectivity index (χ0v) is 15.8. The topological polar surface area (TPSA) is 94.2 Å². The Labute approximate surface area is 153 Å². The summed E-state index contributed by atoms with van der Waals surface area (Å²) in [5, 5.41) is 3.31. The molecule has 8 nitrogen and oxygen atoms in total. The van der Waals surface area contributed by atoms with Crippen molar-refractivity contribution < 1.29 is 28.7 Å². The molecule has 0 heterocycles. The van der Waals surface area contributed by atoms with Crippen LogP contribution in [0.3, 0.4) is 0 Å². The molecule has 0 unspecified atom stereocenters. The van der Waals surface area contributed by atoms with Gasteiger partial charge in [-0.25, -0.2) is 9.86 Å². The number of amides is 2. The van der Waals surface area contributed by atoms with Gasteiger partial charge in [-0.05, 0) is 26.3 Å². The zero-order chi connectivity index (χ0) is 19.7. The average Bonchev–Trinajstić information content (AvgIpc) is 2.57. The van der Waals surface area contributed by atoms with Crippen molar-refractivity contribution in [3.05, 3.63) is 35.9 Å². The van der Waals surface area contributed by atoms with Crippen molar-refractivity contribution >= 4 is 18.0 Å². The molecule has 0 aliphatic carbocycles. The first kappa shape index (κ1) is 21.4. The first-order chi connectivity index (χ1) is 12.1. The second-order valence-electron chi connectivity index (χ2n) is 6.57. The molecule has 2 amide bonds. The van der Waals surface area contributed by atoms with E-state index in [9.17, 15) is 14.4 Å². The van der Waals surface area contributed by atoms with Gasteiger partial charge in [-0.1, -0.05) is 30.3 Å². The van der Waals surface area contributed by atoms with Crippen LogP contribution in [-0.2, 0) is 30.5 Å². The molecular weight excluding hydrogens is 340 g/mol. The van der Waals surface area contributed by atoms with Gasteiger partial charge in [0.1, 0.15) is 18.2 Å². The molecule has 1 atom stereocenters. The van der Waals surface area contributed by atoms with Gasteiger partial charge in [0.25, 0.3) is 5.91 Å². The largest absolute Gasteiger partial charge is 0.461 e. The molecule has 0 aliphatic rings. The summed E-state index contributed by atoms with van der Waals surface area (Å²) in [5.74, 6) is -1.23. The highest BCUT2D eigenvalue weighted by Crippen LogP contribution is 2.09. The summed E-state index contributed by atoms with van der Waals surface area (Å²) in [7, 11) is 2.68. The predicted molar refractivity (Wildman–Crippen MR) is 93.8 cm³/mol. The van der Waals surface area contributed by atoms with Gasteiger partial charge < -0.3 is 14.8 Å². The maximum atomic E-state index is 12.3. The molecule has 0 aliphatic heterocycles. The van der Waals surface area contributed by atoms with Crippen molar-refractivity contribution in [1.82, 2.24) is 10.4 Å². The van der Waals surface area contributed by atoms with E-state index < -0.39 is 29.6 Å². The van der Waals surface area contributed by atoms with Crippen molar-refractivity contribution in [2.75, 3.05) is 14.2 Å². The number of benzene rings is 1. The first-order valence-electron chi connectivity index (χ1n) is 8.13. The van der Waals surface area contributed by atoms with Crippen LogP contribution in [0.2, 0.25) is 0 Å². The van der Waals surface area contributed by atoms with Crippen LogP contribution >= 0.6 is 0 Å². The maximum Gasteiger partial charge on any atom is 0.408 e. The van der Waals surface area contributed by atoms with Gasteiger partial charge >= 0.3 is 12.1 Å². The highest BCUT2D eigenvalue weighted by molar-refractivity contribution is 5.89. The molecule has 0 saturated carbocycles. The fourth-order valence-electron chi connectivity index (χ4n) is 1.92. The van der Waals surface area contributed by atoms with Crippen LogP contribution in [0.15, 0.2) is 30.3 Å². The van der Waals surface area contributed by atoms with Crippen LogP contribution in [0.1, 0.15) is 32.8 Å². The Morgan fingerprint density at radius 2 is 1.77 bits per heavy atom. The van der Waals surface area contributed by atoms with Crippen molar-refractivity contribution in [2.24, 2.45) is 0 Å². The summed E-state index contributed by atoms with van der Waals surface area (Å²) in [5.41, 5.74) is 0.0800. The highest BCUT2D eigenvalue weighted by Gasteiger charge is 2.29. The van der Waals surface area contributed by atoms with E-state index in [0.29, 0.717) is 0 Å². The van der Waals surface area contributed by atoms with Crippen molar-refractivity contribution in [2.45, 2.75) is 45.4 Å². The lowest BCUT2D eigenvalue weighted by molar-refractivity contribution is -0.172. The second-order valence-corrected chi connectivity index (χ2v) is 6.57. The average molecular weight is 366 g/mol. The lowest BCUT2D eigenvalue weighted by atomic mass is 10.2. The predicted octanol–water partition coefficient (Wildman–Crippen LogP) is 2.03. The number of alkyl carbamates (subject to hydrolysis) is 1. The molecule has 0 bridgehead atoms. The summed E-state index contributed by atoms with van der Waals surface area (Å²) in [6, 6.07) is 7.96. The van der Waals surface area contributed by atoms with Gasteiger partial charge in [0.15, 0.2) is 0 Å². The van der Waals surface area contributed by atoms with E-state index in [1.54, 1.807) is 20.8 Å². The summed E-state index contributed by atoms with van der Waals surface area (Å²) in [6.45, 7) is 5.16. The molecule has 0 radical (unpaired) electrons. The zero-order valence-electron chi connectivity index (χ0n) is 15.8. The van der Waals surface area contributed by atoms with Crippen LogP contribution < -0.4 is 5.32 Å². The minimum absolute atomic E-state index is 0.0765. The number of likely N-dealkylation sites (N-methyl/N-ethyl adjacent to an activating group) is 1. The summed E-state index contributed by atoms with van der Waals surface area (Å²) in [6.07, 6.45) is -1.16. The summed E-state index contributed by atoms with van der Waals surface area (Å²) in [4.78, 5) is 41.2. The van der Waals surface area contributed by atoms with Crippen molar-refractivity contribution in [3.63, 3.8) is 0 Å². The molecule has 26 heavy (non-hydrogen) atoms. The third kappa shape index (κ3) is 7.98. The second kappa shape index (κ2) is 9.76. The lowest BCUT2D eigenvalue weighted by Gasteiger charge is -2.25. The van der Waals surface area contributed by atoms with Gasteiger partial charge in [0.2, 0.25) is 0 Å². The van der Waals surface area contributed by atoms with E-state index >= 15 is 0 Å². The van der Waals surface area contributed by atoms with Crippen molar-refractivity contribution in [3.8, 4) is 0 Å². The molecule has 8 heteroatoms. The number of carbonyl (C=O) groups excluding carboxylic acids is 3. The number of esters is 1. The quantitative estimate of drug-likeness (QED) is 0.586. The van der Waals surface area contributed by atoms with Crippen LogP contribution in [0.25, 0.3) is 0 Å². The molecule has 144 valence electrons. The Balaban J connectivity index is 2.70. The first-order valence-corrected chi connectivity index (χ1v) is 8.13. The van der Waals surface area contributed by atoms with E-state index in [2.05, 4.69) is 5.32 Å². The Kier molecular flexibility index (Phi) is 8.05. The van der Waals surface area contributed by atoms with Gasteiger partial charge in [-0.2, -0.15) is 0 Å². The minimum Gasteiger partial charge on any atom is -0.461 e. The van der Waals surface area contributed by atoms with Gasteiger partial charge in [0.05, 0.1) is 13.5 Å². The van der Waals surface area contributed by atoms with E-state index in [0.717, 1.165) is 10.6 Å². The Morgan fingerprint density at radius 3 is 2.31 bits per heavy atom. The third-order valence-electron chi connectivity index (χ3n) is 3.19. The fraction of sp³-hybridized carbons (Fsp3) is 0.500. The van der Waals surface area contributed by atoms with E-state index in [1.165, 1.54) is 14.2 Å². The SMILES string of the molecule is CON(C)C(=O)[C@H](CC(=O)OCc1ccccc1)NC(=O)OC(C)(C)C. The molecule has 1 N–H and O–H groups in total. The van der Waals surface area contributed by atoms with Crippen LogP contribution in [0.5, 0.6) is 0 Å². The molecule has 1 rings (SSSR count). The van der Waals surface area contributed by atoms with Gasteiger partial charge in [0, 0.05) is 7.05 Å². The third-order valence-corrected chi connectivity index (χ3v) is 3.19. The number of carbonyl (C=O) groups is 3. The standard InChI is InChI=1S/C18H26N2O6/c1-18(2,3)26-17(23)19-14(16(22)20(4)24-5)11-15(21)25-12-13-9-7-6-8-10-13/h6-10,14H,11-12H2,1-5H3,(H,19,23)/t14-/m0/s1. The highest BCUT2D eigenvalue weighted by atomic mass is 16.7. The molecule has 1 aromatic carbocycles. The molecule has 1 aromatic rings. The van der Waals surface area contributed by atoms with E-state index in [1.807, 2.05) is 30.3 Å². The van der Waals surface area contributed by atoms with E-state index in [-0.39, 0.29) is 13.0 Å². The number of hydroxylamine groups is 2. The molecule has 0 fully saturated rings. The summed E-state index contributed by atoms with van der Waals surface area (Å²) >= 11 is 0. The molecular formula is C18H26N2O6. The van der Waals surface area contributed by atoms with Crippen LogP contribution in [-0.4, -0.2) is 48.8 Å².